The zero-order valence-electron chi connectivity index (χ0n) is 10.7. The first-order chi connectivity index (χ1) is 9.06. The summed E-state index contributed by atoms with van der Waals surface area (Å²) in [6.07, 6.45) is 6.11. The quantitative estimate of drug-likeness (QED) is 0.899. The van der Waals surface area contributed by atoms with Crippen LogP contribution in [0.25, 0.3) is 0 Å². The zero-order chi connectivity index (χ0) is 13.8. The molecule has 2 nitrogen and oxygen atoms in total. The first-order valence-corrected chi connectivity index (χ1v) is 6.15. The van der Waals surface area contributed by atoms with Gasteiger partial charge in [0, 0.05) is 18.7 Å². The van der Waals surface area contributed by atoms with Crippen molar-refractivity contribution >= 4 is 0 Å². The second kappa shape index (κ2) is 5.89. The lowest BCUT2D eigenvalue weighted by atomic mass is 10.00. The Morgan fingerprint density at radius 3 is 2.89 bits per heavy atom. The largest absolute Gasteiger partial charge is 0.322 e. The summed E-state index contributed by atoms with van der Waals surface area (Å²) in [4.78, 5) is 4.25. The van der Waals surface area contributed by atoms with E-state index in [0.717, 1.165) is 17.3 Å². The minimum absolute atomic E-state index is 0.104. The van der Waals surface area contributed by atoms with Gasteiger partial charge in [0.25, 0.3) is 0 Å². The number of aryl methyl sites for hydroxylation is 1. The molecule has 2 N–H and O–H groups in total. The Hall–Kier alpha value is -1.81. The van der Waals surface area contributed by atoms with Crippen molar-refractivity contribution in [3.63, 3.8) is 0 Å². The topological polar surface area (TPSA) is 38.9 Å². The van der Waals surface area contributed by atoms with Crippen LogP contribution in [0.2, 0.25) is 0 Å². The summed E-state index contributed by atoms with van der Waals surface area (Å²) in [5, 5.41) is 0. The summed E-state index contributed by atoms with van der Waals surface area (Å²) in [7, 11) is 0. The van der Waals surface area contributed by atoms with Crippen LogP contribution < -0.4 is 5.73 Å². The van der Waals surface area contributed by atoms with Crippen LogP contribution >= 0.6 is 0 Å². The van der Waals surface area contributed by atoms with E-state index in [1.807, 2.05) is 19.1 Å². The molecule has 1 aromatic rings. The minimum atomic E-state index is -0.578. The van der Waals surface area contributed by atoms with Gasteiger partial charge < -0.3 is 5.73 Å². The van der Waals surface area contributed by atoms with Gasteiger partial charge in [-0.15, -0.1) is 0 Å². The molecule has 0 amide bonds. The van der Waals surface area contributed by atoms with Crippen LogP contribution in [0.4, 0.5) is 8.78 Å². The molecule has 1 unspecified atom stereocenters. The fraction of sp³-hybridized carbons (Fsp3) is 0.267. The van der Waals surface area contributed by atoms with Crippen LogP contribution in [0.15, 0.2) is 53.8 Å². The summed E-state index contributed by atoms with van der Waals surface area (Å²) in [5.41, 5.74) is 8.57. The van der Waals surface area contributed by atoms with Crippen molar-refractivity contribution in [1.82, 2.24) is 4.98 Å². The molecule has 1 aromatic heterocycles. The molecule has 1 atom stereocenters. The number of hydrogen-bond acceptors (Lipinski definition) is 2. The number of hydrogen-bond donors (Lipinski definition) is 1. The molecule has 0 bridgehead atoms. The van der Waals surface area contributed by atoms with Crippen molar-refractivity contribution in [2.75, 3.05) is 0 Å². The van der Waals surface area contributed by atoms with Gasteiger partial charge in [0.2, 0.25) is 0 Å². The lowest BCUT2D eigenvalue weighted by Crippen LogP contribution is -2.14. The molecule has 0 fully saturated rings. The lowest BCUT2D eigenvalue weighted by molar-refractivity contribution is 0.600. The number of nitrogens with two attached hydrogens (primary N) is 1. The van der Waals surface area contributed by atoms with Gasteiger partial charge in [-0.1, -0.05) is 12.1 Å². The number of allylic oxidation sites excluding steroid dienone is 5. The highest BCUT2D eigenvalue weighted by Gasteiger charge is 2.13. The van der Waals surface area contributed by atoms with Crippen molar-refractivity contribution in [1.29, 1.82) is 0 Å². The lowest BCUT2D eigenvalue weighted by Gasteiger charge is -2.14. The molecule has 0 spiro atoms. The van der Waals surface area contributed by atoms with E-state index in [4.69, 9.17) is 5.73 Å². The molecule has 0 saturated heterocycles. The molecule has 0 saturated carbocycles. The van der Waals surface area contributed by atoms with Crippen LogP contribution in [0.3, 0.4) is 0 Å². The Kier molecular flexibility index (Phi) is 4.22. The van der Waals surface area contributed by atoms with E-state index in [0.29, 0.717) is 12.0 Å². The average molecular weight is 262 g/mol. The standard InChI is InChI=1S/C15H16F2N2/c1-10-3-2-6-19-15(10)14(18)8-11-4-5-12(16)9-13(17)7-11/h2-4,6-7,9,14H,5,8,18H2,1H3. The first kappa shape index (κ1) is 13.6. The van der Waals surface area contributed by atoms with Crippen molar-refractivity contribution in [3.05, 3.63) is 65.0 Å². The van der Waals surface area contributed by atoms with Crippen molar-refractivity contribution in [2.24, 2.45) is 5.73 Å². The fourth-order valence-corrected chi connectivity index (χ4v) is 2.09. The van der Waals surface area contributed by atoms with Crippen molar-refractivity contribution < 1.29 is 8.78 Å². The van der Waals surface area contributed by atoms with Crippen LogP contribution in [-0.4, -0.2) is 4.98 Å². The van der Waals surface area contributed by atoms with Crippen LogP contribution in [-0.2, 0) is 0 Å². The average Bonchev–Trinajstić information content (AvgIpc) is 2.50. The summed E-state index contributed by atoms with van der Waals surface area (Å²) >= 11 is 0. The smallest absolute Gasteiger partial charge is 0.126 e. The molecular weight excluding hydrogens is 246 g/mol. The third-order valence-electron chi connectivity index (χ3n) is 3.03. The van der Waals surface area contributed by atoms with Gasteiger partial charge in [0.1, 0.15) is 11.7 Å². The van der Waals surface area contributed by atoms with Gasteiger partial charge in [-0.2, -0.15) is 0 Å². The number of halogens is 2. The van der Waals surface area contributed by atoms with Gasteiger partial charge in [-0.3, -0.25) is 4.98 Å². The van der Waals surface area contributed by atoms with E-state index in [9.17, 15) is 8.78 Å². The highest BCUT2D eigenvalue weighted by atomic mass is 19.1. The predicted octanol–water partition coefficient (Wildman–Crippen LogP) is 3.82. The summed E-state index contributed by atoms with van der Waals surface area (Å²) < 4.78 is 26.4. The van der Waals surface area contributed by atoms with E-state index >= 15 is 0 Å². The minimum Gasteiger partial charge on any atom is -0.322 e. The molecule has 4 heteroatoms. The SMILES string of the molecule is Cc1cccnc1C(N)CC1=CCC(F)=CC(F)=C1. The van der Waals surface area contributed by atoms with Crippen LogP contribution in [0.5, 0.6) is 0 Å². The van der Waals surface area contributed by atoms with Gasteiger partial charge in [-0.25, -0.2) is 8.78 Å². The summed E-state index contributed by atoms with van der Waals surface area (Å²) in [6, 6.07) is 3.45. The maximum Gasteiger partial charge on any atom is 0.126 e. The zero-order valence-corrected chi connectivity index (χ0v) is 10.7. The van der Waals surface area contributed by atoms with Gasteiger partial charge in [-0.05, 0) is 36.6 Å². The Labute approximate surface area is 111 Å². The molecule has 19 heavy (non-hydrogen) atoms. The van der Waals surface area contributed by atoms with Crippen LogP contribution in [0.1, 0.15) is 30.1 Å². The van der Waals surface area contributed by atoms with Crippen molar-refractivity contribution in [3.8, 4) is 0 Å². The Balaban J connectivity index is 2.14. The van der Waals surface area contributed by atoms with Gasteiger partial charge in [0.05, 0.1) is 11.7 Å². The molecule has 0 radical (unpaired) electrons. The van der Waals surface area contributed by atoms with E-state index in [1.165, 1.54) is 6.08 Å². The fourth-order valence-electron chi connectivity index (χ4n) is 2.09. The number of nitrogens with zero attached hydrogens (tertiary/aromatic N) is 1. The highest BCUT2D eigenvalue weighted by Crippen LogP contribution is 2.25. The molecular formula is C15H16F2N2. The van der Waals surface area contributed by atoms with Crippen molar-refractivity contribution in [2.45, 2.75) is 25.8 Å². The second-order valence-corrected chi connectivity index (χ2v) is 4.62. The van der Waals surface area contributed by atoms with E-state index < -0.39 is 11.7 Å². The first-order valence-electron chi connectivity index (χ1n) is 6.15. The Morgan fingerprint density at radius 2 is 2.16 bits per heavy atom. The number of pyridine rings is 1. The molecule has 100 valence electrons. The van der Waals surface area contributed by atoms with E-state index in [-0.39, 0.29) is 12.5 Å². The highest BCUT2D eigenvalue weighted by molar-refractivity contribution is 5.33. The van der Waals surface area contributed by atoms with Gasteiger partial charge in [0.15, 0.2) is 0 Å². The third-order valence-corrected chi connectivity index (χ3v) is 3.03. The second-order valence-electron chi connectivity index (χ2n) is 4.62. The maximum absolute atomic E-state index is 13.3. The van der Waals surface area contributed by atoms with Crippen LogP contribution in [0, 0.1) is 6.92 Å². The summed E-state index contributed by atoms with van der Waals surface area (Å²) in [5.74, 6) is -1.06. The maximum atomic E-state index is 13.3. The molecule has 0 aliphatic heterocycles. The molecule has 2 rings (SSSR count). The van der Waals surface area contributed by atoms with E-state index in [2.05, 4.69) is 4.98 Å². The predicted molar refractivity (Wildman–Crippen MR) is 71.6 cm³/mol. The normalized spacial score (nSPS) is 17.2. The third kappa shape index (κ3) is 3.58. The number of aromatic nitrogens is 1. The molecule has 1 heterocycles. The molecule has 1 aliphatic rings. The van der Waals surface area contributed by atoms with E-state index in [1.54, 1.807) is 12.3 Å². The summed E-state index contributed by atoms with van der Waals surface area (Å²) in [6.45, 7) is 1.93. The van der Waals surface area contributed by atoms with Gasteiger partial charge >= 0.3 is 0 Å². The number of rotatable bonds is 3. The Bertz CT molecular complexity index is 559. The molecule has 0 aromatic carbocycles. The Morgan fingerprint density at radius 1 is 1.37 bits per heavy atom. The monoisotopic (exact) mass is 262 g/mol. The molecule has 1 aliphatic carbocycles.